The summed E-state index contributed by atoms with van der Waals surface area (Å²) in [5, 5.41) is 5.79. The monoisotopic (exact) mass is 342 g/mol. The maximum Gasteiger partial charge on any atom is 0.138 e. The Morgan fingerprint density at radius 1 is 1.04 bits per heavy atom. The third-order valence-electron chi connectivity index (χ3n) is 4.21. The van der Waals surface area contributed by atoms with E-state index in [2.05, 4.69) is 40.3 Å². The Kier molecular flexibility index (Phi) is 7.11. The molecule has 1 aromatic carbocycles. The minimum atomic E-state index is 0. The summed E-state index contributed by atoms with van der Waals surface area (Å²) in [7, 11) is 0. The summed E-state index contributed by atoms with van der Waals surface area (Å²) in [5.74, 6) is 2.14. The van der Waals surface area contributed by atoms with Gasteiger partial charge in [-0.3, -0.25) is 0 Å². The van der Waals surface area contributed by atoms with Crippen molar-refractivity contribution in [2.45, 2.75) is 53.5 Å². The van der Waals surface area contributed by atoms with Crippen LogP contribution < -0.4 is 16.0 Å². The van der Waals surface area contributed by atoms with Crippen molar-refractivity contribution in [2.24, 2.45) is 0 Å². The Balaban J connectivity index is 0.000000635. The number of nitrogens with zero attached hydrogens (tertiary/aromatic N) is 2. The van der Waals surface area contributed by atoms with Crippen molar-refractivity contribution in [3.63, 3.8) is 0 Å². The van der Waals surface area contributed by atoms with Gasteiger partial charge in [-0.1, -0.05) is 58.0 Å². The topological polar surface area (TPSA) is 44.0 Å². The van der Waals surface area contributed by atoms with E-state index in [1.165, 1.54) is 18.7 Å². The van der Waals surface area contributed by atoms with E-state index in [4.69, 9.17) is 4.98 Å². The van der Waals surface area contributed by atoms with Gasteiger partial charge < -0.3 is 15.2 Å². The lowest BCUT2D eigenvalue weighted by molar-refractivity contribution is 0.449. The van der Waals surface area contributed by atoms with Crippen LogP contribution in [0.2, 0.25) is 0 Å². The third kappa shape index (κ3) is 4.25. The summed E-state index contributed by atoms with van der Waals surface area (Å²) < 4.78 is 0. The van der Waals surface area contributed by atoms with Crippen LogP contribution in [-0.2, 0) is 0 Å². The van der Waals surface area contributed by atoms with Gasteiger partial charge in [0, 0.05) is 26.1 Å². The quantitative estimate of drug-likeness (QED) is 0.880. The highest BCUT2D eigenvalue weighted by molar-refractivity contribution is 5.57. The number of fused-ring (bicyclic) bond motifs is 1. The number of aromatic nitrogens is 2. The van der Waals surface area contributed by atoms with Crippen LogP contribution in [0.4, 0.5) is 0 Å². The molecule has 1 unspecified atom stereocenters. The Morgan fingerprint density at radius 3 is 2.32 bits per heavy atom. The molecular weight excluding hydrogens is 308 g/mol. The summed E-state index contributed by atoms with van der Waals surface area (Å²) in [4.78, 5) is 10.8. The van der Waals surface area contributed by atoms with E-state index in [0.29, 0.717) is 6.04 Å². The average molecular weight is 343 g/mol. The first-order valence-corrected chi connectivity index (χ1v) is 9.70. The van der Waals surface area contributed by atoms with Crippen LogP contribution in [0.5, 0.6) is 0 Å². The summed E-state index contributed by atoms with van der Waals surface area (Å²) >= 11 is 0. The SMILES string of the molecule is CC.CC.CC1C=c2[nH]c(-c3ccccc3)nc2=C(N2CCCC2)N1.[HH]. The zero-order valence-electron chi connectivity index (χ0n) is 16.3. The second kappa shape index (κ2) is 9.30. The van der Waals surface area contributed by atoms with Gasteiger partial charge in [0.15, 0.2) is 0 Å². The van der Waals surface area contributed by atoms with E-state index in [1.807, 2.05) is 45.9 Å². The normalized spacial score (nSPS) is 18.0. The van der Waals surface area contributed by atoms with Gasteiger partial charge in [-0.15, -0.1) is 0 Å². The molecule has 25 heavy (non-hydrogen) atoms. The van der Waals surface area contributed by atoms with Crippen LogP contribution >= 0.6 is 0 Å². The molecule has 4 nitrogen and oxygen atoms in total. The number of nitrogens with one attached hydrogen (secondary N) is 2. The van der Waals surface area contributed by atoms with Crippen LogP contribution in [-0.4, -0.2) is 34.0 Å². The number of H-pyrrole nitrogens is 1. The maximum atomic E-state index is 4.85. The molecule has 1 atom stereocenters. The zero-order chi connectivity index (χ0) is 18.2. The highest BCUT2D eigenvalue weighted by atomic mass is 15.3. The van der Waals surface area contributed by atoms with Crippen molar-refractivity contribution in [1.82, 2.24) is 20.2 Å². The van der Waals surface area contributed by atoms with Crippen LogP contribution in [0, 0.1) is 0 Å². The zero-order valence-corrected chi connectivity index (χ0v) is 16.3. The molecule has 2 aliphatic heterocycles. The molecule has 0 amide bonds. The summed E-state index contributed by atoms with van der Waals surface area (Å²) in [6.45, 7) is 12.4. The molecule has 0 bridgehead atoms. The van der Waals surface area contributed by atoms with Crippen molar-refractivity contribution in [2.75, 3.05) is 13.1 Å². The number of hydrogen-bond donors (Lipinski definition) is 2. The van der Waals surface area contributed by atoms with E-state index in [0.717, 1.165) is 35.2 Å². The number of likely N-dealkylation sites (tertiary alicyclic amines) is 1. The first-order chi connectivity index (χ1) is 12.3. The molecule has 2 N–H and O–H groups in total. The third-order valence-corrected chi connectivity index (χ3v) is 4.21. The smallest absolute Gasteiger partial charge is 0.138 e. The van der Waals surface area contributed by atoms with E-state index in [9.17, 15) is 0 Å². The average Bonchev–Trinajstić information content (AvgIpc) is 3.35. The van der Waals surface area contributed by atoms with Gasteiger partial charge in [0.1, 0.15) is 17.0 Å². The van der Waals surface area contributed by atoms with Gasteiger partial charge in [-0.2, -0.15) is 0 Å². The Morgan fingerprint density at radius 2 is 1.68 bits per heavy atom. The highest BCUT2D eigenvalue weighted by Gasteiger charge is 2.21. The minimum absolute atomic E-state index is 0. The Hall–Kier alpha value is -2.23. The first-order valence-electron chi connectivity index (χ1n) is 9.70. The molecule has 0 aliphatic carbocycles. The molecule has 138 valence electrons. The van der Waals surface area contributed by atoms with Crippen molar-refractivity contribution >= 4 is 11.9 Å². The second-order valence-corrected chi connectivity index (χ2v) is 5.86. The Labute approximate surface area is 153 Å². The molecule has 1 aromatic heterocycles. The lowest BCUT2D eigenvalue weighted by Crippen LogP contribution is -2.47. The molecule has 4 rings (SSSR count). The number of aromatic amines is 1. The standard InChI is InChI=1S/C17H20N4.2C2H6.H2/c1-12-11-14-15(17(18-12)21-9-5-6-10-21)20-16(19-14)13-7-3-2-4-8-13;2*1-2;/h2-4,7-8,11-12,18H,5-6,9-10H2,1H3,(H,19,20);2*1-2H3;1H. The van der Waals surface area contributed by atoms with Crippen LogP contribution in [0.3, 0.4) is 0 Å². The van der Waals surface area contributed by atoms with Crippen molar-refractivity contribution in [3.8, 4) is 11.4 Å². The molecule has 3 heterocycles. The summed E-state index contributed by atoms with van der Waals surface area (Å²) in [6.07, 6.45) is 4.76. The van der Waals surface area contributed by atoms with Gasteiger partial charge >= 0.3 is 0 Å². The fourth-order valence-corrected chi connectivity index (χ4v) is 3.18. The molecule has 4 heteroatoms. The van der Waals surface area contributed by atoms with Gasteiger partial charge in [0.2, 0.25) is 0 Å². The van der Waals surface area contributed by atoms with Crippen molar-refractivity contribution < 1.29 is 1.43 Å². The van der Waals surface area contributed by atoms with E-state index >= 15 is 0 Å². The predicted octanol–water partition coefficient (Wildman–Crippen LogP) is 3.31. The molecule has 2 aromatic rings. The maximum absolute atomic E-state index is 4.85. The van der Waals surface area contributed by atoms with Crippen molar-refractivity contribution in [1.29, 1.82) is 0 Å². The molecular formula is C21H34N4. The molecule has 1 fully saturated rings. The number of imidazole rings is 1. The summed E-state index contributed by atoms with van der Waals surface area (Å²) in [6, 6.07) is 10.6. The van der Waals surface area contributed by atoms with E-state index in [-0.39, 0.29) is 1.43 Å². The van der Waals surface area contributed by atoms with Gasteiger partial charge in [-0.25, -0.2) is 4.98 Å². The van der Waals surface area contributed by atoms with E-state index in [1.54, 1.807) is 0 Å². The molecule has 2 aliphatic rings. The van der Waals surface area contributed by atoms with Crippen LogP contribution in [0.25, 0.3) is 23.3 Å². The van der Waals surface area contributed by atoms with Gasteiger partial charge in [0.05, 0.1) is 5.35 Å². The van der Waals surface area contributed by atoms with Crippen LogP contribution in [0.15, 0.2) is 30.3 Å². The lowest BCUT2D eigenvalue weighted by Gasteiger charge is -2.26. The molecule has 1 saturated heterocycles. The molecule has 0 radical (unpaired) electrons. The summed E-state index contributed by atoms with van der Waals surface area (Å²) in [5.41, 5.74) is 1.13. The van der Waals surface area contributed by atoms with Crippen LogP contribution in [0.1, 0.15) is 48.9 Å². The first kappa shape index (κ1) is 19.1. The molecule has 0 spiro atoms. The lowest BCUT2D eigenvalue weighted by atomic mass is 10.2. The van der Waals surface area contributed by atoms with E-state index < -0.39 is 0 Å². The van der Waals surface area contributed by atoms with Crippen molar-refractivity contribution in [3.05, 3.63) is 41.0 Å². The molecule has 0 saturated carbocycles. The predicted molar refractivity (Wildman–Crippen MR) is 109 cm³/mol. The minimum Gasteiger partial charge on any atom is -0.364 e. The van der Waals surface area contributed by atoms with Gasteiger partial charge in [-0.05, 0) is 25.8 Å². The number of rotatable bonds is 2. The number of hydrogen-bond acceptors (Lipinski definition) is 3. The second-order valence-electron chi connectivity index (χ2n) is 5.86. The highest BCUT2D eigenvalue weighted by Crippen LogP contribution is 2.15. The Bertz CT molecular complexity index is 761. The largest absolute Gasteiger partial charge is 0.364 e. The number of benzene rings is 1. The van der Waals surface area contributed by atoms with Gasteiger partial charge in [0.25, 0.3) is 0 Å². The fraction of sp³-hybridized carbons (Fsp3) is 0.476. The fourth-order valence-electron chi connectivity index (χ4n) is 3.18.